The monoisotopic (exact) mass is 367 g/mol. The first kappa shape index (κ1) is 17.5. The van der Waals surface area contributed by atoms with Gasteiger partial charge in [-0.15, -0.1) is 0 Å². The Morgan fingerprint density at radius 2 is 1.67 bits per heavy atom. The second kappa shape index (κ2) is 7.40. The topological polar surface area (TPSA) is 84.9 Å². The molecule has 6 heteroatoms. The van der Waals surface area contributed by atoms with Gasteiger partial charge in [-0.2, -0.15) is 0 Å². The molecule has 1 saturated heterocycles. The highest BCUT2D eigenvalue weighted by atomic mass is 16.6. The normalized spacial score (nSPS) is 21.2. The Kier molecular flexibility index (Phi) is 4.81. The van der Waals surface area contributed by atoms with E-state index in [2.05, 4.69) is 29.6 Å². The van der Waals surface area contributed by atoms with Gasteiger partial charge in [-0.1, -0.05) is 48.5 Å². The first-order valence-corrected chi connectivity index (χ1v) is 9.09. The summed E-state index contributed by atoms with van der Waals surface area (Å²) in [5.74, 6) is -0.947. The van der Waals surface area contributed by atoms with Crippen molar-refractivity contribution in [3.05, 3.63) is 59.7 Å². The van der Waals surface area contributed by atoms with Crippen LogP contribution in [0.5, 0.6) is 0 Å². The van der Waals surface area contributed by atoms with Crippen LogP contribution in [-0.4, -0.2) is 42.5 Å². The molecule has 6 nitrogen and oxygen atoms in total. The van der Waals surface area contributed by atoms with Gasteiger partial charge in [-0.25, -0.2) is 9.59 Å². The number of carbonyl (C=O) groups is 2. The molecule has 1 aliphatic heterocycles. The van der Waals surface area contributed by atoms with Crippen LogP contribution < -0.4 is 5.32 Å². The summed E-state index contributed by atoms with van der Waals surface area (Å²) < 4.78 is 10.7. The van der Waals surface area contributed by atoms with E-state index in [9.17, 15) is 9.59 Å². The lowest BCUT2D eigenvalue weighted by Gasteiger charge is -2.27. The van der Waals surface area contributed by atoms with Crippen LogP contribution in [0.3, 0.4) is 0 Å². The third kappa shape index (κ3) is 3.53. The zero-order valence-electron chi connectivity index (χ0n) is 14.8. The Balaban J connectivity index is 1.37. The fourth-order valence-corrected chi connectivity index (χ4v) is 3.87. The van der Waals surface area contributed by atoms with Gasteiger partial charge >= 0.3 is 12.1 Å². The van der Waals surface area contributed by atoms with Gasteiger partial charge in [0.05, 0.1) is 12.6 Å². The number of carbonyl (C=O) groups excluding carboxylic acids is 1. The maximum absolute atomic E-state index is 12.2. The summed E-state index contributed by atoms with van der Waals surface area (Å²) in [5, 5.41) is 11.7. The van der Waals surface area contributed by atoms with Crippen molar-refractivity contribution in [2.75, 3.05) is 13.2 Å². The summed E-state index contributed by atoms with van der Waals surface area (Å²) >= 11 is 0. The number of carboxylic acid groups (broad SMARTS) is 1. The number of amides is 1. The molecule has 0 spiro atoms. The van der Waals surface area contributed by atoms with Crippen molar-refractivity contribution in [1.29, 1.82) is 0 Å². The molecular formula is C21H21NO5. The van der Waals surface area contributed by atoms with E-state index in [0.29, 0.717) is 12.8 Å². The highest BCUT2D eigenvalue weighted by molar-refractivity contribution is 5.79. The Morgan fingerprint density at radius 3 is 2.22 bits per heavy atom. The average molecular weight is 367 g/mol. The van der Waals surface area contributed by atoms with Crippen LogP contribution in [0.25, 0.3) is 11.1 Å². The fraction of sp³-hybridized carbons (Fsp3) is 0.333. The number of benzene rings is 2. The van der Waals surface area contributed by atoms with Crippen molar-refractivity contribution < 1.29 is 24.2 Å². The highest BCUT2D eigenvalue weighted by Gasteiger charge is 2.30. The summed E-state index contributed by atoms with van der Waals surface area (Å²) in [6, 6.07) is 16.1. The first-order chi connectivity index (χ1) is 13.1. The van der Waals surface area contributed by atoms with Crippen LogP contribution in [0.1, 0.15) is 29.9 Å². The third-order valence-electron chi connectivity index (χ3n) is 5.22. The average Bonchev–Trinajstić information content (AvgIpc) is 3.01. The van der Waals surface area contributed by atoms with Gasteiger partial charge < -0.3 is 19.9 Å². The molecule has 1 aliphatic carbocycles. The SMILES string of the molecule is O=C(N[C@H]1CC[C@@H](C(=O)O)OC1)OCC1c2ccccc2-c2ccccc21. The van der Waals surface area contributed by atoms with E-state index >= 15 is 0 Å². The fourth-order valence-electron chi connectivity index (χ4n) is 3.87. The molecule has 0 unspecified atom stereocenters. The molecule has 1 amide bonds. The van der Waals surface area contributed by atoms with E-state index in [1.807, 2.05) is 24.3 Å². The Hall–Kier alpha value is -2.86. The maximum atomic E-state index is 12.2. The Labute approximate surface area is 157 Å². The van der Waals surface area contributed by atoms with Gasteiger partial charge in [-0.05, 0) is 35.1 Å². The summed E-state index contributed by atoms with van der Waals surface area (Å²) in [6.45, 7) is 0.437. The quantitative estimate of drug-likeness (QED) is 0.867. The number of carboxylic acids is 1. The summed E-state index contributed by atoms with van der Waals surface area (Å²) in [7, 11) is 0. The standard InChI is InChI=1S/C21H21NO5/c23-20(24)19-10-9-13(11-26-19)22-21(25)27-12-18-16-7-3-1-5-14(16)15-6-2-4-8-17(15)18/h1-8,13,18-19H,9-12H2,(H,22,25)(H,23,24)/t13-,19-/m0/s1. The number of hydrogen-bond donors (Lipinski definition) is 2. The summed E-state index contributed by atoms with van der Waals surface area (Å²) in [6.07, 6.45) is -0.352. The molecule has 0 aromatic heterocycles. The summed E-state index contributed by atoms with van der Waals surface area (Å²) in [5.41, 5.74) is 4.69. The molecule has 2 aromatic carbocycles. The molecule has 1 heterocycles. The van der Waals surface area contributed by atoms with Crippen LogP contribution >= 0.6 is 0 Å². The molecule has 2 aromatic rings. The largest absolute Gasteiger partial charge is 0.479 e. The van der Waals surface area contributed by atoms with Crippen molar-refractivity contribution in [2.45, 2.75) is 30.9 Å². The van der Waals surface area contributed by atoms with E-state index in [1.54, 1.807) is 0 Å². The molecule has 0 radical (unpaired) electrons. The van der Waals surface area contributed by atoms with Crippen LogP contribution in [0.4, 0.5) is 4.79 Å². The van der Waals surface area contributed by atoms with E-state index in [4.69, 9.17) is 14.6 Å². The van der Waals surface area contributed by atoms with Crippen molar-refractivity contribution in [3.8, 4) is 11.1 Å². The predicted octanol–water partition coefficient (Wildman–Crippen LogP) is 3.16. The third-order valence-corrected chi connectivity index (χ3v) is 5.22. The molecule has 140 valence electrons. The van der Waals surface area contributed by atoms with Crippen molar-refractivity contribution >= 4 is 12.1 Å². The Bertz CT molecular complexity index is 812. The number of rotatable bonds is 4. The van der Waals surface area contributed by atoms with E-state index < -0.39 is 18.2 Å². The second-order valence-electron chi connectivity index (χ2n) is 6.90. The Morgan fingerprint density at radius 1 is 1.04 bits per heavy atom. The molecule has 4 rings (SSSR count). The van der Waals surface area contributed by atoms with Crippen LogP contribution in [0.15, 0.2) is 48.5 Å². The number of hydrogen-bond acceptors (Lipinski definition) is 4. The van der Waals surface area contributed by atoms with Crippen molar-refractivity contribution in [1.82, 2.24) is 5.32 Å². The number of ether oxygens (including phenoxy) is 2. The van der Waals surface area contributed by atoms with Gasteiger partial charge in [-0.3, -0.25) is 0 Å². The van der Waals surface area contributed by atoms with E-state index in [-0.39, 0.29) is 25.2 Å². The lowest BCUT2D eigenvalue weighted by Crippen LogP contribution is -2.45. The van der Waals surface area contributed by atoms with Crippen LogP contribution in [0.2, 0.25) is 0 Å². The molecule has 27 heavy (non-hydrogen) atoms. The molecular weight excluding hydrogens is 346 g/mol. The molecule has 2 aliphatic rings. The minimum atomic E-state index is -0.963. The minimum absolute atomic E-state index is 0.0159. The van der Waals surface area contributed by atoms with Gasteiger partial charge in [0.2, 0.25) is 0 Å². The first-order valence-electron chi connectivity index (χ1n) is 9.09. The van der Waals surface area contributed by atoms with Crippen LogP contribution in [0, 0.1) is 0 Å². The lowest BCUT2D eigenvalue weighted by molar-refractivity contribution is -0.153. The number of alkyl carbamates (subject to hydrolysis) is 1. The lowest BCUT2D eigenvalue weighted by atomic mass is 9.98. The molecule has 2 atom stereocenters. The van der Waals surface area contributed by atoms with Gasteiger partial charge in [0.1, 0.15) is 6.61 Å². The van der Waals surface area contributed by atoms with Crippen LogP contribution in [-0.2, 0) is 14.3 Å². The smallest absolute Gasteiger partial charge is 0.407 e. The molecule has 2 N–H and O–H groups in total. The maximum Gasteiger partial charge on any atom is 0.407 e. The zero-order chi connectivity index (χ0) is 18.8. The molecule has 0 bridgehead atoms. The van der Waals surface area contributed by atoms with E-state index in [1.165, 1.54) is 11.1 Å². The van der Waals surface area contributed by atoms with Gasteiger partial charge in [0.15, 0.2) is 6.10 Å². The van der Waals surface area contributed by atoms with Gasteiger partial charge in [0, 0.05) is 5.92 Å². The molecule has 0 saturated carbocycles. The number of nitrogens with one attached hydrogen (secondary N) is 1. The zero-order valence-corrected chi connectivity index (χ0v) is 14.8. The molecule has 1 fully saturated rings. The summed E-state index contributed by atoms with van der Waals surface area (Å²) in [4.78, 5) is 23.1. The van der Waals surface area contributed by atoms with Gasteiger partial charge in [0.25, 0.3) is 0 Å². The predicted molar refractivity (Wildman–Crippen MR) is 98.6 cm³/mol. The number of fused-ring (bicyclic) bond motifs is 3. The highest BCUT2D eigenvalue weighted by Crippen LogP contribution is 2.44. The van der Waals surface area contributed by atoms with E-state index in [0.717, 1.165) is 11.1 Å². The van der Waals surface area contributed by atoms with Crippen molar-refractivity contribution in [2.24, 2.45) is 0 Å². The second-order valence-corrected chi connectivity index (χ2v) is 6.90. The number of aliphatic carboxylic acids is 1. The minimum Gasteiger partial charge on any atom is -0.479 e. The van der Waals surface area contributed by atoms with Crippen molar-refractivity contribution in [3.63, 3.8) is 0 Å².